The van der Waals surface area contributed by atoms with Crippen molar-refractivity contribution in [3.05, 3.63) is 27.7 Å². The number of halogens is 2. The standard InChI is InChI=1S/C16H23Cl2N3O3S/c1-3-21(4-2)8-7-19-16(22)12-9-15(14(18)10-13(12)17)25(23,24)20-11-5-6-11/h9-11,20H,3-8H2,1-2H3,(H,19,22). The maximum Gasteiger partial charge on any atom is 0.252 e. The monoisotopic (exact) mass is 407 g/mol. The molecule has 0 heterocycles. The number of nitrogens with zero attached hydrogens (tertiary/aromatic N) is 1. The quantitative estimate of drug-likeness (QED) is 0.658. The van der Waals surface area contributed by atoms with E-state index in [-0.39, 0.29) is 26.5 Å². The molecule has 1 aromatic carbocycles. The van der Waals surface area contributed by atoms with Crippen LogP contribution in [0.1, 0.15) is 37.0 Å². The molecule has 0 spiro atoms. The van der Waals surface area contributed by atoms with Crippen molar-refractivity contribution in [1.29, 1.82) is 0 Å². The lowest BCUT2D eigenvalue weighted by molar-refractivity contribution is 0.0949. The number of likely N-dealkylation sites (N-methyl/N-ethyl adjacent to an activating group) is 1. The lowest BCUT2D eigenvalue weighted by atomic mass is 10.2. The highest BCUT2D eigenvalue weighted by Crippen LogP contribution is 2.30. The smallest absolute Gasteiger partial charge is 0.252 e. The molecule has 1 aliphatic carbocycles. The fourth-order valence-corrected chi connectivity index (χ4v) is 4.52. The zero-order valence-corrected chi connectivity index (χ0v) is 16.6. The molecule has 0 aromatic heterocycles. The zero-order valence-electron chi connectivity index (χ0n) is 14.3. The van der Waals surface area contributed by atoms with Crippen molar-refractivity contribution in [1.82, 2.24) is 14.9 Å². The molecule has 9 heteroatoms. The van der Waals surface area contributed by atoms with Gasteiger partial charge >= 0.3 is 0 Å². The van der Waals surface area contributed by atoms with Gasteiger partial charge in [-0.25, -0.2) is 13.1 Å². The second-order valence-electron chi connectivity index (χ2n) is 5.94. The van der Waals surface area contributed by atoms with Crippen molar-refractivity contribution in [2.24, 2.45) is 0 Å². The fraction of sp³-hybridized carbons (Fsp3) is 0.562. The van der Waals surface area contributed by atoms with E-state index in [9.17, 15) is 13.2 Å². The molecule has 1 fully saturated rings. The van der Waals surface area contributed by atoms with Gasteiger partial charge in [0.05, 0.1) is 15.6 Å². The Bertz CT molecular complexity index is 732. The zero-order chi connectivity index (χ0) is 18.6. The molecule has 2 rings (SSSR count). The summed E-state index contributed by atoms with van der Waals surface area (Å²) in [5, 5.41) is 2.89. The second-order valence-corrected chi connectivity index (χ2v) is 8.44. The van der Waals surface area contributed by atoms with Gasteiger partial charge in [0.2, 0.25) is 10.0 Å². The molecule has 140 valence electrons. The van der Waals surface area contributed by atoms with Crippen molar-refractivity contribution < 1.29 is 13.2 Å². The molecule has 0 atom stereocenters. The summed E-state index contributed by atoms with van der Waals surface area (Å²) >= 11 is 12.1. The summed E-state index contributed by atoms with van der Waals surface area (Å²) in [5.74, 6) is -0.420. The first-order chi connectivity index (χ1) is 11.8. The number of sulfonamides is 1. The van der Waals surface area contributed by atoms with E-state index in [2.05, 4.69) is 14.9 Å². The minimum absolute atomic E-state index is 0.00200. The SMILES string of the molecule is CCN(CC)CCNC(=O)c1cc(S(=O)(=O)NC2CC2)c(Cl)cc1Cl. The van der Waals surface area contributed by atoms with Gasteiger partial charge in [-0.1, -0.05) is 37.0 Å². The number of carbonyl (C=O) groups is 1. The van der Waals surface area contributed by atoms with Gasteiger partial charge in [-0.2, -0.15) is 0 Å². The van der Waals surface area contributed by atoms with Crippen LogP contribution in [0.25, 0.3) is 0 Å². The first-order valence-corrected chi connectivity index (χ1v) is 10.5. The molecule has 1 aliphatic rings. The van der Waals surface area contributed by atoms with Crippen LogP contribution in [0.15, 0.2) is 17.0 Å². The van der Waals surface area contributed by atoms with Crippen LogP contribution in [-0.4, -0.2) is 51.4 Å². The van der Waals surface area contributed by atoms with Crippen LogP contribution >= 0.6 is 23.2 Å². The van der Waals surface area contributed by atoms with E-state index >= 15 is 0 Å². The molecule has 25 heavy (non-hydrogen) atoms. The van der Waals surface area contributed by atoms with Gasteiger partial charge in [-0.15, -0.1) is 0 Å². The lowest BCUT2D eigenvalue weighted by Gasteiger charge is -2.18. The molecule has 1 aromatic rings. The summed E-state index contributed by atoms with van der Waals surface area (Å²) in [6, 6.07) is 2.48. The van der Waals surface area contributed by atoms with E-state index in [4.69, 9.17) is 23.2 Å². The summed E-state index contributed by atoms with van der Waals surface area (Å²) in [6.07, 6.45) is 1.62. The van der Waals surface area contributed by atoms with Gasteiger partial charge in [-0.3, -0.25) is 4.79 Å². The number of hydrogen-bond donors (Lipinski definition) is 2. The Morgan fingerprint density at radius 2 is 1.84 bits per heavy atom. The highest BCUT2D eigenvalue weighted by molar-refractivity contribution is 7.89. The molecular formula is C16H23Cl2N3O3S. The highest BCUT2D eigenvalue weighted by atomic mass is 35.5. The average Bonchev–Trinajstić information content (AvgIpc) is 3.34. The van der Waals surface area contributed by atoms with Crippen LogP contribution in [0.3, 0.4) is 0 Å². The lowest BCUT2D eigenvalue weighted by Crippen LogP contribution is -2.35. The maximum absolute atomic E-state index is 12.4. The summed E-state index contributed by atoms with van der Waals surface area (Å²) in [7, 11) is -3.77. The summed E-state index contributed by atoms with van der Waals surface area (Å²) < 4.78 is 27.3. The van der Waals surface area contributed by atoms with Crippen LogP contribution in [0, 0.1) is 0 Å². The molecule has 1 saturated carbocycles. The highest BCUT2D eigenvalue weighted by Gasteiger charge is 2.30. The molecule has 0 saturated heterocycles. The number of hydrogen-bond acceptors (Lipinski definition) is 4. The van der Waals surface area contributed by atoms with E-state index in [1.165, 1.54) is 12.1 Å². The largest absolute Gasteiger partial charge is 0.351 e. The third-order valence-electron chi connectivity index (χ3n) is 4.06. The van der Waals surface area contributed by atoms with Crippen molar-refractivity contribution in [2.75, 3.05) is 26.2 Å². The Morgan fingerprint density at radius 3 is 2.40 bits per heavy atom. The first kappa shape index (κ1) is 20.5. The predicted octanol–water partition coefficient (Wildman–Crippen LogP) is 2.51. The molecule has 0 aliphatic heterocycles. The van der Waals surface area contributed by atoms with Crippen molar-refractivity contribution >= 4 is 39.1 Å². The van der Waals surface area contributed by atoms with Gasteiger partial charge in [0, 0.05) is 19.1 Å². The Hall–Kier alpha value is -0.860. The number of rotatable bonds is 9. The van der Waals surface area contributed by atoms with Gasteiger partial charge < -0.3 is 10.2 Å². The fourth-order valence-electron chi connectivity index (χ4n) is 2.36. The van der Waals surface area contributed by atoms with Crippen LogP contribution in [0.4, 0.5) is 0 Å². The molecular weight excluding hydrogens is 385 g/mol. The number of benzene rings is 1. The first-order valence-electron chi connectivity index (χ1n) is 8.30. The second kappa shape index (κ2) is 8.68. The third-order valence-corrected chi connectivity index (χ3v) is 6.36. The van der Waals surface area contributed by atoms with Gasteiger partial charge in [0.25, 0.3) is 5.91 Å². The van der Waals surface area contributed by atoms with Crippen molar-refractivity contribution in [3.63, 3.8) is 0 Å². The van der Waals surface area contributed by atoms with E-state index in [1.54, 1.807) is 0 Å². The van der Waals surface area contributed by atoms with Crippen LogP contribution in [0.2, 0.25) is 10.0 Å². The van der Waals surface area contributed by atoms with Crippen LogP contribution < -0.4 is 10.0 Å². The maximum atomic E-state index is 12.4. The Morgan fingerprint density at radius 1 is 1.20 bits per heavy atom. The predicted molar refractivity (Wildman–Crippen MR) is 99.9 cm³/mol. The minimum atomic E-state index is -3.77. The van der Waals surface area contributed by atoms with E-state index < -0.39 is 15.9 Å². The van der Waals surface area contributed by atoms with E-state index in [0.29, 0.717) is 13.1 Å². The van der Waals surface area contributed by atoms with Crippen LogP contribution in [-0.2, 0) is 10.0 Å². The minimum Gasteiger partial charge on any atom is -0.351 e. The average molecular weight is 408 g/mol. The normalized spacial score (nSPS) is 14.8. The van der Waals surface area contributed by atoms with E-state index in [1.807, 2.05) is 13.8 Å². The molecule has 0 unspecified atom stereocenters. The van der Waals surface area contributed by atoms with E-state index in [0.717, 1.165) is 25.9 Å². The third kappa shape index (κ3) is 5.56. The Kier molecular flexibility index (Phi) is 7.10. The molecule has 2 N–H and O–H groups in total. The molecule has 6 nitrogen and oxygen atoms in total. The number of carbonyl (C=O) groups excluding carboxylic acids is 1. The van der Waals surface area contributed by atoms with Gasteiger partial charge in [0.1, 0.15) is 4.90 Å². The van der Waals surface area contributed by atoms with Crippen molar-refractivity contribution in [3.8, 4) is 0 Å². The topological polar surface area (TPSA) is 78.5 Å². The molecule has 0 bridgehead atoms. The summed E-state index contributed by atoms with van der Waals surface area (Å²) in [5.41, 5.74) is 0.0989. The van der Waals surface area contributed by atoms with Crippen LogP contribution in [0.5, 0.6) is 0 Å². The van der Waals surface area contributed by atoms with Gasteiger partial charge in [0.15, 0.2) is 0 Å². The Labute approximate surface area is 158 Å². The Balaban J connectivity index is 2.14. The molecule has 0 radical (unpaired) electrons. The number of amides is 1. The number of nitrogens with one attached hydrogen (secondary N) is 2. The van der Waals surface area contributed by atoms with Gasteiger partial charge in [-0.05, 0) is 38.1 Å². The van der Waals surface area contributed by atoms with Crippen molar-refractivity contribution in [2.45, 2.75) is 37.6 Å². The summed E-state index contributed by atoms with van der Waals surface area (Å²) in [6.45, 7) is 7.03. The summed E-state index contributed by atoms with van der Waals surface area (Å²) in [4.78, 5) is 14.4. The molecule has 1 amide bonds.